The molecule has 1 N–H and O–H groups in total. The largest absolute Gasteiger partial charge is 0.346 e. The van der Waals surface area contributed by atoms with Gasteiger partial charge in [-0.3, -0.25) is 0 Å². The topological polar surface area (TPSA) is 28.8 Å². The van der Waals surface area contributed by atoms with Gasteiger partial charge in [0.1, 0.15) is 0 Å². The summed E-state index contributed by atoms with van der Waals surface area (Å²) in [5.74, 6) is 0. The Kier molecular flexibility index (Phi) is 3.58. The standard InChI is InChI=1S/C15H17ClN2/c1-4-14(17)15-9-13(10(2)18(15)3)11-5-7-12(16)8-6-11/h5-9,17H,4H2,1-3H3. The lowest BCUT2D eigenvalue weighted by Crippen LogP contribution is -2.05. The quantitative estimate of drug-likeness (QED) is 0.791. The van der Waals surface area contributed by atoms with Gasteiger partial charge in [-0.25, -0.2) is 0 Å². The molecular weight excluding hydrogens is 244 g/mol. The maximum Gasteiger partial charge on any atom is 0.0623 e. The van der Waals surface area contributed by atoms with E-state index in [-0.39, 0.29) is 0 Å². The van der Waals surface area contributed by atoms with Crippen LogP contribution in [0.1, 0.15) is 24.7 Å². The molecule has 94 valence electrons. The molecule has 0 fully saturated rings. The average Bonchev–Trinajstić information content (AvgIpc) is 2.67. The highest BCUT2D eigenvalue weighted by molar-refractivity contribution is 6.30. The molecule has 0 amide bonds. The van der Waals surface area contributed by atoms with Crippen LogP contribution in [-0.2, 0) is 7.05 Å². The first-order chi connectivity index (χ1) is 8.54. The normalized spacial score (nSPS) is 10.7. The monoisotopic (exact) mass is 260 g/mol. The highest BCUT2D eigenvalue weighted by atomic mass is 35.5. The fourth-order valence-corrected chi connectivity index (χ4v) is 2.22. The Balaban J connectivity index is 2.52. The second kappa shape index (κ2) is 4.99. The summed E-state index contributed by atoms with van der Waals surface area (Å²) in [6.45, 7) is 4.09. The van der Waals surface area contributed by atoms with Crippen molar-refractivity contribution in [2.75, 3.05) is 0 Å². The van der Waals surface area contributed by atoms with Crippen LogP contribution in [0.25, 0.3) is 11.1 Å². The predicted octanol–water partition coefficient (Wildman–Crippen LogP) is 4.43. The molecule has 18 heavy (non-hydrogen) atoms. The summed E-state index contributed by atoms with van der Waals surface area (Å²) in [4.78, 5) is 0. The van der Waals surface area contributed by atoms with Gasteiger partial charge in [-0.2, -0.15) is 0 Å². The van der Waals surface area contributed by atoms with Crippen molar-refractivity contribution in [1.29, 1.82) is 5.41 Å². The van der Waals surface area contributed by atoms with Crippen LogP contribution in [0.15, 0.2) is 30.3 Å². The van der Waals surface area contributed by atoms with Gasteiger partial charge in [-0.15, -0.1) is 0 Å². The Labute approximate surface area is 113 Å². The van der Waals surface area contributed by atoms with Crippen molar-refractivity contribution in [3.05, 3.63) is 46.7 Å². The highest BCUT2D eigenvalue weighted by Gasteiger charge is 2.12. The summed E-state index contributed by atoms with van der Waals surface area (Å²) in [5, 5.41) is 8.73. The van der Waals surface area contributed by atoms with Crippen LogP contribution in [0.2, 0.25) is 5.02 Å². The maximum absolute atomic E-state index is 7.98. The van der Waals surface area contributed by atoms with E-state index in [0.717, 1.165) is 22.7 Å². The number of nitrogens with one attached hydrogen (secondary N) is 1. The highest BCUT2D eigenvalue weighted by Crippen LogP contribution is 2.28. The second-order valence-electron chi connectivity index (χ2n) is 4.43. The minimum atomic E-state index is 0.667. The number of rotatable bonds is 3. The third kappa shape index (κ3) is 2.21. The van der Waals surface area contributed by atoms with E-state index in [4.69, 9.17) is 17.0 Å². The van der Waals surface area contributed by atoms with Gasteiger partial charge in [0.05, 0.1) is 11.4 Å². The van der Waals surface area contributed by atoms with Gasteiger partial charge in [-0.05, 0) is 37.1 Å². The van der Waals surface area contributed by atoms with E-state index in [1.54, 1.807) is 0 Å². The zero-order valence-electron chi connectivity index (χ0n) is 10.9. The third-order valence-electron chi connectivity index (χ3n) is 3.35. The molecule has 0 aliphatic carbocycles. The molecular formula is C15H17ClN2. The number of hydrogen-bond donors (Lipinski definition) is 1. The van der Waals surface area contributed by atoms with Crippen LogP contribution in [0.3, 0.4) is 0 Å². The molecule has 0 aliphatic heterocycles. The Hall–Kier alpha value is -1.54. The van der Waals surface area contributed by atoms with E-state index in [0.29, 0.717) is 5.71 Å². The number of nitrogens with zero attached hydrogens (tertiary/aromatic N) is 1. The van der Waals surface area contributed by atoms with Gasteiger partial charge >= 0.3 is 0 Å². The second-order valence-corrected chi connectivity index (χ2v) is 4.86. The molecule has 1 heterocycles. The smallest absolute Gasteiger partial charge is 0.0623 e. The minimum absolute atomic E-state index is 0.667. The lowest BCUT2D eigenvalue weighted by molar-refractivity contribution is 0.867. The fourth-order valence-electron chi connectivity index (χ4n) is 2.09. The van der Waals surface area contributed by atoms with Crippen LogP contribution >= 0.6 is 11.6 Å². The van der Waals surface area contributed by atoms with Gasteiger partial charge < -0.3 is 9.98 Å². The van der Waals surface area contributed by atoms with Gasteiger partial charge in [0.25, 0.3) is 0 Å². The van der Waals surface area contributed by atoms with Gasteiger partial charge in [0.2, 0.25) is 0 Å². The SMILES string of the molecule is CCC(=N)c1cc(-c2ccc(Cl)cc2)c(C)n1C. The Morgan fingerprint density at radius 3 is 2.44 bits per heavy atom. The Bertz CT molecular complexity index is 579. The molecule has 3 heteroatoms. The van der Waals surface area contributed by atoms with E-state index in [9.17, 15) is 0 Å². The van der Waals surface area contributed by atoms with E-state index < -0.39 is 0 Å². The van der Waals surface area contributed by atoms with Crippen LogP contribution in [0, 0.1) is 12.3 Å². The molecule has 0 saturated heterocycles. The fraction of sp³-hybridized carbons (Fsp3) is 0.267. The third-order valence-corrected chi connectivity index (χ3v) is 3.61. The molecule has 0 bridgehead atoms. The first-order valence-corrected chi connectivity index (χ1v) is 6.42. The van der Waals surface area contributed by atoms with Crippen LogP contribution in [0.4, 0.5) is 0 Å². The molecule has 2 nitrogen and oxygen atoms in total. The lowest BCUT2D eigenvalue weighted by atomic mass is 10.1. The van der Waals surface area contributed by atoms with Crippen molar-refractivity contribution in [2.45, 2.75) is 20.3 Å². The number of halogens is 1. The molecule has 1 aromatic carbocycles. The summed E-state index contributed by atoms with van der Waals surface area (Å²) in [7, 11) is 2.01. The van der Waals surface area contributed by atoms with E-state index in [1.807, 2.05) is 38.2 Å². The average molecular weight is 261 g/mol. The summed E-state index contributed by atoms with van der Waals surface area (Å²) in [6, 6.07) is 9.92. The van der Waals surface area contributed by atoms with Crippen molar-refractivity contribution in [2.24, 2.45) is 7.05 Å². The number of hydrogen-bond acceptors (Lipinski definition) is 1. The van der Waals surface area contributed by atoms with E-state index in [1.165, 1.54) is 11.3 Å². The van der Waals surface area contributed by atoms with Crippen LogP contribution in [0.5, 0.6) is 0 Å². The van der Waals surface area contributed by atoms with Gasteiger partial charge in [0.15, 0.2) is 0 Å². The minimum Gasteiger partial charge on any atom is -0.346 e. The van der Waals surface area contributed by atoms with Gasteiger partial charge in [0, 0.05) is 23.3 Å². The molecule has 0 aliphatic rings. The molecule has 2 rings (SSSR count). The first kappa shape index (κ1) is 12.9. The molecule has 0 atom stereocenters. The van der Waals surface area contributed by atoms with Crippen molar-refractivity contribution < 1.29 is 0 Å². The van der Waals surface area contributed by atoms with Gasteiger partial charge in [-0.1, -0.05) is 30.7 Å². The lowest BCUT2D eigenvalue weighted by Gasteiger charge is -2.05. The Morgan fingerprint density at radius 1 is 1.28 bits per heavy atom. The molecule has 0 radical (unpaired) electrons. The summed E-state index contributed by atoms with van der Waals surface area (Å²) in [6.07, 6.45) is 0.747. The molecule has 2 aromatic rings. The van der Waals surface area contributed by atoms with Crippen LogP contribution in [-0.4, -0.2) is 10.3 Å². The Morgan fingerprint density at radius 2 is 1.89 bits per heavy atom. The zero-order valence-corrected chi connectivity index (χ0v) is 11.7. The molecule has 0 unspecified atom stereocenters. The van der Waals surface area contributed by atoms with E-state index in [2.05, 4.69) is 17.6 Å². The maximum atomic E-state index is 7.98. The van der Waals surface area contributed by atoms with Crippen molar-refractivity contribution in [1.82, 2.24) is 4.57 Å². The van der Waals surface area contributed by atoms with Crippen molar-refractivity contribution >= 4 is 17.3 Å². The summed E-state index contributed by atoms with van der Waals surface area (Å²) >= 11 is 5.91. The van der Waals surface area contributed by atoms with E-state index >= 15 is 0 Å². The van der Waals surface area contributed by atoms with Crippen molar-refractivity contribution in [3.63, 3.8) is 0 Å². The molecule has 0 spiro atoms. The number of aromatic nitrogens is 1. The number of benzene rings is 1. The summed E-state index contributed by atoms with van der Waals surface area (Å²) < 4.78 is 2.08. The first-order valence-electron chi connectivity index (χ1n) is 6.04. The zero-order chi connectivity index (χ0) is 13.3. The van der Waals surface area contributed by atoms with Crippen LogP contribution < -0.4 is 0 Å². The summed E-state index contributed by atoms with van der Waals surface area (Å²) in [5.41, 5.74) is 5.14. The predicted molar refractivity (Wildman–Crippen MR) is 77.7 cm³/mol. The van der Waals surface area contributed by atoms with Crippen molar-refractivity contribution in [3.8, 4) is 11.1 Å². The molecule has 1 aromatic heterocycles. The molecule has 0 saturated carbocycles.